The molecule has 0 bridgehead atoms. The molecule has 3 heterocycles. The van der Waals surface area contributed by atoms with Gasteiger partial charge < -0.3 is 4.90 Å². The van der Waals surface area contributed by atoms with Crippen LogP contribution in [-0.2, 0) is 17.8 Å². The first kappa shape index (κ1) is 16.4. The van der Waals surface area contributed by atoms with E-state index in [0.29, 0.717) is 5.92 Å². The molecular weight excluding hydrogens is 304 g/mol. The lowest BCUT2D eigenvalue weighted by molar-refractivity contribution is -0.133. The van der Waals surface area contributed by atoms with Gasteiger partial charge in [0.1, 0.15) is 6.54 Å². The number of nitrogens with zero attached hydrogens (tertiary/aromatic N) is 4. The maximum atomic E-state index is 12.5. The summed E-state index contributed by atoms with van der Waals surface area (Å²) in [5.41, 5.74) is 1.72. The maximum absolute atomic E-state index is 12.5. The number of pyridine rings is 1. The molecule has 1 aliphatic rings. The largest absolute Gasteiger partial charge is 0.347 e. The van der Waals surface area contributed by atoms with Gasteiger partial charge >= 0.3 is 5.69 Å². The molecule has 24 heavy (non-hydrogen) atoms. The van der Waals surface area contributed by atoms with Gasteiger partial charge in [-0.1, -0.05) is 6.07 Å². The number of hydrogen-bond acceptors (Lipinski definition) is 4. The zero-order valence-electron chi connectivity index (χ0n) is 13.9. The Bertz CT molecular complexity index is 771. The second-order valence-corrected chi connectivity index (χ2v) is 6.35. The molecule has 0 aliphatic carbocycles. The quantitative estimate of drug-likeness (QED) is 0.852. The molecule has 1 fully saturated rings. The second-order valence-electron chi connectivity index (χ2n) is 6.35. The summed E-state index contributed by atoms with van der Waals surface area (Å²) in [6.07, 6.45) is 6.02. The molecule has 1 atom stereocenters. The van der Waals surface area contributed by atoms with E-state index in [0.717, 1.165) is 43.7 Å². The molecule has 1 aliphatic heterocycles. The number of aryl methyl sites for hydroxylation is 1. The lowest BCUT2D eigenvalue weighted by Crippen LogP contribution is -2.43. The van der Waals surface area contributed by atoms with Crippen LogP contribution in [0.1, 0.15) is 24.2 Å². The van der Waals surface area contributed by atoms with E-state index < -0.39 is 0 Å². The number of rotatable bonds is 4. The van der Waals surface area contributed by atoms with E-state index in [2.05, 4.69) is 9.97 Å². The van der Waals surface area contributed by atoms with Gasteiger partial charge in [0.15, 0.2) is 0 Å². The molecule has 6 nitrogen and oxygen atoms in total. The molecule has 2 aromatic heterocycles. The lowest BCUT2D eigenvalue weighted by Gasteiger charge is -2.33. The second kappa shape index (κ2) is 7.38. The third-order valence-electron chi connectivity index (χ3n) is 4.40. The Hall–Kier alpha value is -2.50. The van der Waals surface area contributed by atoms with Crippen molar-refractivity contribution in [1.82, 2.24) is 19.4 Å². The monoisotopic (exact) mass is 326 g/mol. The fourth-order valence-electron chi connectivity index (χ4n) is 3.22. The highest BCUT2D eigenvalue weighted by Gasteiger charge is 2.24. The van der Waals surface area contributed by atoms with E-state index in [1.165, 1.54) is 10.8 Å². The maximum Gasteiger partial charge on any atom is 0.347 e. The first-order chi connectivity index (χ1) is 11.6. The molecule has 2 aromatic rings. The normalized spacial score (nSPS) is 17.7. The van der Waals surface area contributed by atoms with Gasteiger partial charge in [-0.2, -0.15) is 0 Å². The average molecular weight is 326 g/mol. The highest BCUT2D eigenvalue weighted by Crippen LogP contribution is 2.20. The molecule has 0 radical (unpaired) electrons. The van der Waals surface area contributed by atoms with Crippen molar-refractivity contribution in [3.8, 4) is 0 Å². The SMILES string of the molecule is Cc1cccc(C[C@@H]2CCCN(C(=O)Cn3cccnc3=O)C2)n1. The molecule has 0 spiro atoms. The van der Waals surface area contributed by atoms with Crippen molar-refractivity contribution in [3.63, 3.8) is 0 Å². The van der Waals surface area contributed by atoms with Crippen LogP contribution < -0.4 is 5.69 Å². The molecule has 0 aromatic carbocycles. The summed E-state index contributed by atoms with van der Waals surface area (Å²) >= 11 is 0. The van der Waals surface area contributed by atoms with Crippen LogP contribution in [0.25, 0.3) is 0 Å². The average Bonchev–Trinajstić information content (AvgIpc) is 2.57. The van der Waals surface area contributed by atoms with Crippen molar-refractivity contribution < 1.29 is 4.79 Å². The van der Waals surface area contributed by atoms with Crippen LogP contribution in [0.5, 0.6) is 0 Å². The first-order valence-corrected chi connectivity index (χ1v) is 8.33. The Labute approximate surface area is 141 Å². The minimum atomic E-state index is -0.386. The van der Waals surface area contributed by atoms with Gasteiger partial charge in [-0.05, 0) is 50.3 Å². The summed E-state index contributed by atoms with van der Waals surface area (Å²) in [7, 11) is 0. The molecule has 126 valence electrons. The van der Waals surface area contributed by atoms with E-state index in [4.69, 9.17) is 0 Å². The van der Waals surface area contributed by atoms with Gasteiger partial charge in [-0.25, -0.2) is 9.78 Å². The van der Waals surface area contributed by atoms with Gasteiger partial charge in [0.05, 0.1) is 0 Å². The zero-order valence-corrected chi connectivity index (χ0v) is 13.9. The summed E-state index contributed by atoms with van der Waals surface area (Å²) < 4.78 is 1.36. The number of carbonyl (C=O) groups is 1. The molecule has 0 N–H and O–H groups in total. The third kappa shape index (κ3) is 4.07. The van der Waals surface area contributed by atoms with Crippen molar-refractivity contribution in [3.05, 3.63) is 58.5 Å². The fourth-order valence-corrected chi connectivity index (χ4v) is 3.22. The smallest absolute Gasteiger partial charge is 0.341 e. The Balaban J connectivity index is 1.61. The zero-order chi connectivity index (χ0) is 16.9. The lowest BCUT2D eigenvalue weighted by atomic mass is 9.93. The Morgan fingerprint density at radius 1 is 1.33 bits per heavy atom. The van der Waals surface area contributed by atoms with Crippen LogP contribution in [0, 0.1) is 12.8 Å². The van der Waals surface area contributed by atoms with E-state index in [-0.39, 0.29) is 18.1 Å². The van der Waals surface area contributed by atoms with Crippen LogP contribution in [0.15, 0.2) is 41.5 Å². The highest BCUT2D eigenvalue weighted by atomic mass is 16.2. The summed E-state index contributed by atoms with van der Waals surface area (Å²) in [5.74, 6) is 0.398. The molecular formula is C18H22N4O2. The first-order valence-electron chi connectivity index (χ1n) is 8.33. The Morgan fingerprint density at radius 2 is 2.21 bits per heavy atom. The van der Waals surface area contributed by atoms with E-state index >= 15 is 0 Å². The van der Waals surface area contributed by atoms with Crippen LogP contribution in [-0.4, -0.2) is 38.4 Å². The van der Waals surface area contributed by atoms with Crippen molar-refractivity contribution >= 4 is 5.91 Å². The highest BCUT2D eigenvalue weighted by molar-refractivity contribution is 5.76. The topological polar surface area (TPSA) is 68.1 Å². The molecule has 0 unspecified atom stereocenters. The Kier molecular flexibility index (Phi) is 5.03. The molecule has 0 saturated carbocycles. The van der Waals surface area contributed by atoms with Crippen LogP contribution >= 0.6 is 0 Å². The van der Waals surface area contributed by atoms with Gasteiger partial charge in [-0.15, -0.1) is 0 Å². The number of hydrogen-bond donors (Lipinski definition) is 0. The number of amides is 1. The van der Waals surface area contributed by atoms with Crippen LogP contribution in [0.3, 0.4) is 0 Å². The predicted octanol–water partition coefficient (Wildman–Crippen LogP) is 1.43. The van der Waals surface area contributed by atoms with Gasteiger partial charge in [-0.3, -0.25) is 14.3 Å². The third-order valence-corrected chi connectivity index (χ3v) is 4.40. The standard InChI is InChI=1S/C18H22N4O2/c1-14-5-2-7-16(20-14)11-15-6-3-9-21(12-15)17(23)13-22-10-4-8-19-18(22)24/h2,4-5,7-8,10,15H,3,6,9,11-13H2,1H3/t15-/m0/s1. The number of likely N-dealkylation sites (tertiary alicyclic amines) is 1. The molecule has 3 rings (SSSR count). The number of aromatic nitrogens is 3. The summed E-state index contributed by atoms with van der Waals surface area (Å²) in [5, 5.41) is 0. The van der Waals surface area contributed by atoms with Crippen molar-refractivity contribution in [2.24, 2.45) is 5.92 Å². The molecule has 1 saturated heterocycles. The van der Waals surface area contributed by atoms with Crippen molar-refractivity contribution in [2.45, 2.75) is 32.7 Å². The Morgan fingerprint density at radius 3 is 3.00 bits per heavy atom. The fraction of sp³-hybridized carbons (Fsp3) is 0.444. The summed E-state index contributed by atoms with van der Waals surface area (Å²) in [6, 6.07) is 7.73. The van der Waals surface area contributed by atoms with Gasteiger partial charge in [0.25, 0.3) is 0 Å². The number of carbonyl (C=O) groups excluding carboxylic acids is 1. The van der Waals surface area contributed by atoms with Crippen LogP contribution in [0.4, 0.5) is 0 Å². The van der Waals surface area contributed by atoms with Crippen LogP contribution in [0.2, 0.25) is 0 Å². The minimum Gasteiger partial charge on any atom is -0.341 e. The molecule has 1 amide bonds. The molecule has 6 heteroatoms. The van der Waals surface area contributed by atoms with Crippen molar-refractivity contribution in [1.29, 1.82) is 0 Å². The van der Waals surface area contributed by atoms with Gasteiger partial charge in [0.2, 0.25) is 5.91 Å². The number of piperidine rings is 1. The summed E-state index contributed by atoms with van der Waals surface area (Å²) in [4.78, 5) is 34.3. The van der Waals surface area contributed by atoms with E-state index in [9.17, 15) is 9.59 Å². The van der Waals surface area contributed by atoms with Gasteiger partial charge in [0, 0.05) is 36.9 Å². The predicted molar refractivity (Wildman–Crippen MR) is 90.5 cm³/mol. The van der Waals surface area contributed by atoms with E-state index in [1.807, 2.05) is 30.0 Å². The van der Waals surface area contributed by atoms with Crippen molar-refractivity contribution in [2.75, 3.05) is 13.1 Å². The summed E-state index contributed by atoms with van der Waals surface area (Å²) in [6.45, 7) is 3.53. The van der Waals surface area contributed by atoms with E-state index in [1.54, 1.807) is 12.3 Å². The minimum absolute atomic E-state index is 0.0213.